The van der Waals surface area contributed by atoms with Crippen LogP contribution in [0, 0.1) is 0 Å². The molecule has 2 aromatic carbocycles. The summed E-state index contributed by atoms with van der Waals surface area (Å²) in [7, 11) is 3.99. The summed E-state index contributed by atoms with van der Waals surface area (Å²) in [6.45, 7) is 7.25. The van der Waals surface area contributed by atoms with Crippen molar-refractivity contribution in [3.63, 3.8) is 0 Å². The Labute approximate surface area is 157 Å². The standard InChI is InChI=1S/C22H30N2O2/c1-22(2,3)18-11-13-19(14-12-18)26-16-21(25)23-20(15-24(4)5)17-9-7-6-8-10-17/h6-14,20H,15-16H2,1-5H3,(H,23,25)/t20-/m1/s1. The molecule has 0 aliphatic rings. The Hall–Kier alpha value is -2.33. The Morgan fingerprint density at radius 1 is 1.04 bits per heavy atom. The van der Waals surface area contributed by atoms with Crippen molar-refractivity contribution in [1.29, 1.82) is 0 Å². The molecule has 0 spiro atoms. The topological polar surface area (TPSA) is 41.6 Å². The first-order valence-electron chi connectivity index (χ1n) is 8.98. The van der Waals surface area contributed by atoms with Crippen molar-refractivity contribution < 1.29 is 9.53 Å². The Morgan fingerprint density at radius 3 is 2.19 bits per heavy atom. The summed E-state index contributed by atoms with van der Waals surface area (Å²) in [4.78, 5) is 14.4. The highest BCUT2D eigenvalue weighted by Gasteiger charge is 2.16. The van der Waals surface area contributed by atoms with Gasteiger partial charge in [-0.25, -0.2) is 0 Å². The first kappa shape index (κ1) is 20.0. The number of likely N-dealkylation sites (N-methyl/N-ethyl adjacent to an activating group) is 1. The number of amides is 1. The van der Waals surface area contributed by atoms with E-state index in [0.29, 0.717) is 5.75 Å². The molecule has 1 N–H and O–H groups in total. The average Bonchev–Trinajstić information content (AvgIpc) is 2.59. The van der Waals surface area contributed by atoms with E-state index in [9.17, 15) is 4.79 Å². The lowest BCUT2D eigenvalue weighted by Gasteiger charge is -2.23. The number of rotatable bonds is 7. The fourth-order valence-corrected chi connectivity index (χ4v) is 2.72. The molecule has 0 aromatic heterocycles. The van der Waals surface area contributed by atoms with Gasteiger partial charge in [0.1, 0.15) is 5.75 Å². The molecule has 140 valence electrons. The lowest BCUT2D eigenvalue weighted by Crippen LogP contribution is -2.37. The van der Waals surface area contributed by atoms with Crippen molar-refractivity contribution in [2.24, 2.45) is 0 Å². The van der Waals surface area contributed by atoms with Crippen LogP contribution in [-0.4, -0.2) is 38.1 Å². The summed E-state index contributed by atoms with van der Waals surface area (Å²) in [6, 6.07) is 17.9. The second kappa shape index (κ2) is 8.86. The lowest BCUT2D eigenvalue weighted by molar-refractivity contribution is -0.124. The number of benzene rings is 2. The third-order valence-electron chi connectivity index (χ3n) is 4.18. The van der Waals surface area contributed by atoms with Crippen LogP contribution in [0.15, 0.2) is 54.6 Å². The van der Waals surface area contributed by atoms with E-state index >= 15 is 0 Å². The highest BCUT2D eigenvalue weighted by Crippen LogP contribution is 2.24. The number of hydrogen-bond donors (Lipinski definition) is 1. The number of nitrogens with one attached hydrogen (secondary N) is 1. The van der Waals surface area contributed by atoms with Crippen LogP contribution in [0.4, 0.5) is 0 Å². The summed E-state index contributed by atoms with van der Waals surface area (Å²) in [5.74, 6) is 0.581. The number of ether oxygens (including phenoxy) is 1. The van der Waals surface area contributed by atoms with Gasteiger partial charge in [-0.1, -0.05) is 63.2 Å². The zero-order chi connectivity index (χ0) is 19.2. The molecule has 0 bridgehead atoms. The normalized spacial score (nSPS) is 12.7. The summed E-state index contributed by atoms with van der Waals surface area (Å²) in [6.07, 6.45) is 0. The Balaban J connectivity index is 1.93. The molecule has 4 heteroatoms. The van der Waals surface area contributed by atoms with Gasteiger partial charge in [0.05, 0.1) is 6.04 Å². The van der Waals surface area contributed by atoms with Crippen LogP contribution in [0.2, 0.25) is 0 Å². The van der Waals surface area contributed by atoms with Gasteiger partial charge in [0.2, 0.25) is 0 Å². The number of carbonyl (C=O) groups is 1. The van der Waals surface area contributed by atoms with Gasteiger partial charge >= 0.3 is 0 Å². The van der Waals surface area contributed by atoms with Gasteiger partial charge in [-0.15, -0.1) is 0 Å². The maximum absolute atomic E-state index is 12.4. The van der Waals surface area contributed by atoms with Crippen molar-refractivity contribution in [2.75, 3.05) is 27.2 Å². The molecule has 0 saturated carbocycles. The second-order valence-corrected chi connectivity index (χ2v) is 7.86. The first-order chi connectivity index (χ1) is 12.3. The molecule has 0 unspecified atom stereocenters. The average molecular weight is 354 g/mol. The summed E-state index contributed by atoms with van der Waals surface area (Å²) in [5.41, 5.74) is 2.43. The molecule has 0 aliphatic heterocycles. The van der Waals surface area contributed by atoms with Crippen LogP contribution in [0.25, 0.3) is 0 Å². The van der Waals surface area contributed by atoms with Crippen LogP contribution in [0.1, 0.15) is 37.9 Å². The van der Waals surface area contributed by atoms with Gasteiger partial charge in [0.15, 0.2) is 6.61 Å². The van der Waals surface area contributed by atoms with Gasteiger partial charge in [-0.3, -0.25) is 4.79 Å². The van der Waals surface area contributed by atoms with E-state index in [-0.39, 0.29) is 24.0 Å². The molecule has 0 fully saturated rings. The summed E-state index contributed by atoms with van der Waals surface area (Å²) >= 11 is 0. The highest BCUT2D eigenvalue weighted by molar-refractivity contribution is 5.78. The zero-order valence-corrected chi connectivity index (χ0v) is 16.5. The molecule has 0 radical (unpaired) electrons. The van der Waals surface area contributed by atoms with E-state index in [0.717, 1.165) is 12.1 Å². The monoisotopic (exact) mass is 354 g/mol. The smallest absolute Gasteiger partial charge is 0.258 e. The van der Waals surface area contributed by atoms with Gasteiger partial charge in [-0.05, 0) is 42.8 Å². The van der Waals surface area contributed by atoms with Crippen molar-refractivity contribution in [3.05, 3.63) is 65.7 Å². The molecule has 4 nitrogen and oxygen atoms in total. The molecular formula is C22H30N2O2. The number of hydrogen-bond acceptors (Lipinski definition) is 3. The van der Waals surface area contributed by atoms with Gasteiger partial charge < -0.3 is 15.0 Å². The molecule has 2 aromatic rings. The first-order valence-corrected chi connectivity index (χ1v) is 8.98. The summed E-state index contributed by atoms with van der Waals surface area (Å²) < 4.78 is 5.65. The fraction of sp³-hybridized carbons (Fsp3) is 0.409. The predicted octanol–water partition coefficient (Wildman–Crippen LogP) is 3.78. The molecule has 2 rings (SSSR count). The molecule has 1 atom stereocenters. The summed E-state index contributed by atoms with van der Waals surface area (Å²) in [5, 5.41) is 3.06. The fourth-order valence-electron chi connectivity index (χ4n) is 2.72. The van der Waals surface area contributed by atoms with E-state index in [1.165, 1.54) is 5.56 Å². The largest absolute Gasteiger partial charge is 0.484 e. The quantitative estimate of drug-likeness (QED) is 0.823. The van der Waals surface area contributed by atoms with E-state index in [2.05, 4.69) is 31.0 Å². The van der Waals surface area contributed by atoms with E-state index in [4.69, 9.17) is 4.74 Å². The third-order valence-corrected chi connectivity index (χ3v) is 4.18. The van der Waals surface area contributed by atoms with E-state index < -0.39 is 0 Å². The molecule has 0 heterocycles. The maximum Gasteiger partial charge on any atom is 0.258 e. The number of nitrogens with zero attached hydrogens (tertiary/aromatic N) is 1. The van der Waals surface area contributed by atoms with Gasteiger partial charge in [0.25, 0.3) is 5.91 Å². The van der Waals surface area contributed by atoms with Crippen LogP contribution in [0.5, 0.6) is 5.75 Å². The van der Waals surface area contributed by atoms with Crippen LogP contribution >= 0.6 is 0 Å². The predicted molar refractivity (Wildman–Crippen MR) is 107 cm³/mol. The Morgan fingerprint density at radius 2 is 1.65 bits per heavy atom. The van der Waals surface area contributed by atoms with Crippen LogP contribution < -0.4 is 10.1 Å². The third kappa shape index (κ3) is 6.19. The Kier molecular flexibility index (Phi) is 6.81. The van der Waals surface area contributed by atoms with Crippen LogP contribution in [-0.2, 0) is 10.2 Å². The van der Waals surface area contributed by atoms with Crippen molar-refractivity contribution in [2.45, 2.75) is 32.2 Å². The zero-order valence-electron chi connectivity index (χ0n) is 16.5. The molecule has 26 heavy (non-hydrogen) atoms. The van der Waals surface area contributed by atoms with Crippen LogP contribution in [0.3, 0.4) is 0 Å². The molecule has 0 saturated heterocycles. The SMILES string of the molecule is CN(C)C[C@@H](NC(=O)COc1ccc(C(C)(C)C)cc1)c1ccccc1. The van der Waals surface area contributed by atoms with Crippen molar-refractivity contribution >= 4 is 5.91 Å². The van der Waals surface area contributed by atoms with Gasteiger partial charge in [0, 0.05) is 6.54 Å². The molecule has 1 amide bonds. The lowest BCUT2D eigenvalue weighted by atomic mass is 9.87. The molecular weight excluding hydrogens is 324 g/mol. The highest BCUT2D eigenvalue weighted by atomic mass is 16.5. The van der Waals surface area contributed by atoms with Crippen molar-refractivity contribution in [3.8, 4) is 5.75 Å². The minimum Gasteiger partial charge on any atom is -0.484 e. The minimum absolute atomic E-state index is 0.00558. The van der Waals surface area contributed by atoms with Gasteiger partial charge in [-0.2, -0.15) is 0 Å². The van der Waals surface area contributed by atoms with E-state index in [1.807, 2.05) is 68.7 Å². The van der Waals surface area contributed by atoms with Crippen molar-refractivity contribution in [1.82, 2.24) is 10.2 Å². The van der Waals surface area contributed by atoms with E-state index in [1.54, 1.807) is 0 Å². The minimum atomic E-state index is -0.124. The maximum atomic E-state index is 12.4. The second-order valence-electron chi connectivity index (χ2n) is 7.86. The number of carbonyl (C=O) groups excluding carboxylic acids is 1. The Bertz CT molecular complexity index is 688. The molecule has 0 aliphatic carbocycles.